The number of hydrogen-bond acceptors (Lipinski definition) is 5. The van der Waals surface area contributed by atoms with Crippen LogP contribution in [0.5, 0.6) is 0 Å². The average Bonchev–Trinajstić information content (AvgIpc) is 2.75. The highest BCUT2D eigenvalue weighted by molar-refractivity contribution is 7.89. The number of aromatic nitrogens is 1. The van der Waals surface area contributed by atoms with Gasteiger partial charge in [0.1, 0.15) is 0 Å². The molecular weight excluding hydrogens is 400 g/mol. The van der Waals surface area contributed by atoms with E-state index in [-0.39, 0.29) is 17.3 Å². The van der Waals surface area contributed by atoms with Crippen molar-refractivity contribution in [3.63, 3.8) is 0 Å². The van der Waals surface area contributed by atoms with Crippen LogP contribution in [0.1, 0.15) is 27.0 Å². The first-order chi connectivity index (χ1) is 14.4. The first-order valence-corrected chi connectivity index (χ1v) is 10.7. The van der Waals surface area contributed by atoms with E-state index < -0.39 is 10.0 Å². The molecule has 0 unspecified atom stereocenters. The Labute approximate surface area is 176 Å². The molecule has 0 fully saturated rings. The second kappa shape index (κ2) is 9.43. The standard InChI is InChI=1S/C22H22N4O3S/c1-17-3-9-21(10-4-17)30(28,29)26(2)16-19-5-7-20(8-6-19)22(27)25-24-15-18-11-13-23-14-12-18/h3-15H,16H2,1-2H3,(H,25,27). The maximum absolute atomic E-state index is 12.7. The van der Waals surface area contributed by atoms with Crippen LogP contribution < -0.4 is 5.43 Å². The molecule has 0 aliphatic rings. The lowest BCUT2D eigenvalue weighted by Crippen LogP contribution is -2.26. The highest BCUT2D eigenvalue weighted by Gasteiger charge is 2.20. The maximum atomic E-state index is 12.7. The predicted molar refractivity (Wildman–Crippen MR) is 116 cm³/mol. The number of carbonyl (C=O) groups excluding carboxylic acids is 1. The van der Waals surface area contributed by atoms with Gasteiger partial charge in [0.25, 0.3) is 5.91 Å². The van der Waals surface area contributed by atoms with Crippen molar-refractivity contribution in [1.29, 1.82) is 0 Å². The minimum Gasteiger partial charge on any atom is -0.267 e. The maximum Gasteiger partial charge on any atom is 0.271 e. The summed E-state index contributed by atoms with van der Waals surface area (Å²) in [5, 5.41) is 3.92. The van der Waals surface area contributed by atoms with Gasteiger partial charge in [0, 0.05) is 31.5 Å². The van der Waals surface area contributed by atoms with E-state index in [0.717, 1.165) is 16.7 Å². The van der Waals surface area contributed by atoms with Gasteiger partial charge >= 0.3 is 0 Å². The van der Waals surface area contributed by atoms with Crippen LogP contribution in [0.3, 0.4) is 0 Å². The number of benzene rings is 2. The Hall–Kier alpha value is -3.36. The molecule has 0 aliphatic heterocycles. The van der Waals surface area contributed by atoms with Gasteiger partial charge in [0.05, 0.1) is 11.1 Å². The van der Waals surface area contributed by atoms with E-state index in [2.05, 4.69) is 15.5 Å². The topological polar surface area (TPSA) is 91.7 Å². The molecule has 1 amide bonds. The zero-order chi connectivity index (χ0) is 21.6. The number of sulfonamides is 1. The Morgan fingerprint density at radius 2 is 1.67 bits per heavy atom. The van der Waals surface area contributed by atoms with Crippen LogP contribution in [-0.4, -0.2) is 36.9 Å². The van der Waals surface area contributed by atoms with Crippen LogP contribution in [0.25, 0.3) is 0 Å². The zero-order valence-corrected chi connectivity index (χ0v) is 17.5. The molecule has 0 aliphatic carbocycles. The molecule has 154 valence electrons. The number of amides is 1. The zero-order valence-electron chi connectivity index (χ0n) is 16.7. The van der Waals surface area contributed by atoms with Crippen molar-refractivity contribution in [1.82, 2.24) is 14.7 Å². The molecule has 8 heteroatoms. The molecular formula is C22H22N4O3S. The first kappa shape index (κ1) is 21.4. The van der Waals surface area contributed by atoms with Gasteiger partial charge in [-0.15, -0.1) is 0 Å². The van der Waals surface area contributed by atoms with E-state index in [4.69, 9.17) is 0 Å². The fraction of sp³-hybridized carbons (Fsp3) is 0.136. The molecule has 0 atom stereocenters. The van der Waals surface area contributed by atoms with Crippen LogP contribution in [0, 0.1) is 6.92 Å². The Kier molecular flexibility index (Phi) is 6.71. The number of pyridine rings is 1. The molecule has 0 bridgehead atoms. The van der Waals surface area contributed by atoms with E-state index in [0.29, 0.717) is 5.56 Å². The van der Waals surface area contributed by atoms with Crippen molar-refractivity contribution < 1.29 is 13.2 Å². The van der Waals surface area contributed by atoms with Gasteiger partial charge in [-0.25, -0.2) is 13.8 Å². The first-order valence-electron chi connectivity index (χ1n) is 9.21. The fourth-order valence-electron chi connectivity index (χ4n) is 2.67. The minimum atomic E-state index is -3.59. The Bertz CT molecular complexity index is 1130. The van der Waals surface area contributed by atoms with Crippen LogP contribution >= 0.6 is 0 Å². The van der Waals surface area contributed by atoms with Gasteiger partial charge < -0.3 is 0 Å². The highest BCUT2D eigenvalue weighted by atomic mass is 32.2. The lowest BCUT2D eigenvalue weighted by Gasteiger charge is -2.17. The van der Waals surface area contributed by atoms with Crippen molar-refractivity contribution in [3.8, 4) is 0 Å². The molecule has 7 nitrogen and oxygen atoms in total. The monoisotopic (exact) mass is 422 g/mol. The molecule has 0 saturated heterocycles. The van der Waals surface area contributed by atoms with E-state index in [9.17, 15) is 13.2 Å². The van der Waals surface area contributed by atoms with Crippen molar-refractivity contribution in [3.05, 3.63) is 95.3 Å². The lowest BCUT2D eigenvalue weighted by molar-refractivity contribution is 0.0955. The van der Waals surface area contributed by atoms with Crippen molar-refractivity contribution in [2.45, 2.75) is 18.4 Å². The Morgan fingerprint density at radius 3 is 2.30 bits per heavy atom. The number of hydrogen-bond donors (Lipinski definition) is 1. The van der Waals surface area contributed by atoms with E-state index >= 15 is 0 Å². The van der Waals surface area contributed by atoms with E-state index in [1.165, 1.54) is 17.6 Å². The molecule has 1 N–H and O–H groups in total. The number of rotatable bonds is 7. The van der Waals surface area contributed by atoms with Crippen molar-refractivity contribution in [2.24, 2.45) is 5.10 Å². The molecule has 2 aromatic carbocycles. The molecule has 3 aromatic rings. The second-order valence-corrected chi connectivity index (χ2v) is 8.80. The predicted octanol–water partition coefficient (Wildman–Crippen LogP) is 2.97. The van der Waals surface area contributed by atoms with Crippen LogP contribution in [0.4, 0.5) is 0 Å². The molecule has 0 radical (unpaired) electrons. The summed E-state index contributed by atoms with van der Waals surface area (Å²) in [6.07, 6.45) is 4.80. The van der Waals surface area contributed by atoms with Gasteiger partial charge in [-0.1, -0.05) is 29.8 Å². The van der Waals surface area contributed by atoms with Gasteiger partial charge in [-0.2, -0.15) is 9.41 Å². The van der Waals surface area contributed by atoms with Crippen LogP contribution in [0.2, 0.25) is 0 Å². The van der Waals surface area contributed by atoms with Gasteiger partial charge in [-0.05, 0) is 54.4 Å². The van der Waals surface area contributed by atoms with Gasteiger partial charge in [0.15, 0.2) is 0 Å². The van der Waals surface area contributed by atoms with Gasteiger partial charge in [0.2, 0.25) is 10.0 Å². The Balaban J connectivity index is 1.61. The number of carbonyl (C=O) groups is 1. The van der Waals surface area contributed by atoms with Crippen LogP contribution in [0.15, 0.2) is 83.1 Å². The number of nitrogens with one attached hydrogen (secondary N) is 1. The summed E-state index contributed by atoms with van der Waals surface area (Å²) in [5.74, 6) is -0.354. The summed E-state index contributed by atoms with van der Waals surface area (Å²) in [6, 6.07) is 17.0. The normalized spacial score (nSPS) is 11.7. The summed E-state index contributed by atoms with van der Waals surface area (Å²) in [6.45, 7) is 2.10. The summed E-state index contributed by atoms with van der Waals surface area (Å²) in [5.41, 5.74) is 5.47. The minimum absolute atomic E-state index is 0.193. The van der Waals surface area contributed by atoms with Crippen molar-refractivity contribution in [2.75, 3.05) is 7.05 Å². The molecule has 0 saturated carbocycles. The summed E-state index contributed by atoms with van der Waals surface area (Å²) in [4.78, 5) is 16.4. The third-order valence-corrected chi connectivity index (χ3v) is 6.25. The fourth-order valence-corrected chi connectivity index (χ4v) is 3.83. The molecule has 1 heterocycles. The molecule has 30 heavy (non-hydrogen) atoms. The molecule has 0 spiro atoms. The third-order valence-electron chi connectivity index (χ3n) is 4.44. The molecule has 3 rings (SSSR count). The Morgan fingerprint density at radius 1 is 1.03 bits per heavy atom. The largest absolute Gasteiger partial charge is 0.271 e. The highest BCUT2D eigenvalue weighted by Crippen LogP contribution is 2.17. The van der Waals surface area contributed by atoms with Gasteiger partial charge in [-0.3, -0.25) is 9.78 Å². The molecule has 1 aromatic heterocycles. The summed E-state index contributed by atoms with van der Waals surface area (Å²) in [7, 11) is -2.06. The summed E-state index contributed by atoms with van der Waals surface area (Å²) >= 11 is 0. The summed E-state index contributed by atoms with van der Waals surface area (Å²) < 4.78 is 26.7. The SMILES string of the molecule is Cc1ccc(S(=O)(=O)N(C)Cc2ccc(C(=O)NN=Cc3ccncc3)cc2)cc1. The number of aryl methyl sites for hydroxylation is 1. The van der Waals surface area contributed by atoms with Crippen LogP contribution in [-0.2, 0) is 16.6 Å². The van der Waals surface area contributed by atoms with E-state index in [1.807, 2.05) is 6.92 Å². The average molecular weight is 423 g/mol. The second-order valence-electron chi connectivity index (χ2n) is 6.75. The van der Waals surface area contributed by atoms with E-state index in [1.54, 1.807) is 73.1 Å². The lowest BCUT2D eigenvalue weighted by atomic mass is 10.1. The third kappa shape index (κ3) is 5.37. The smallest absolute Gasteiger partial charge is 0.267 e. The van der Waals surface area contributed by atoms with Crippen molar-refractivity contribution >= 4 is 22.1 Å². The number of hydrazone groups is 1. The quantitative estimate of drug-likeness (QED) is 0.468. The number of nitrogens with zero attached hydrogens (tertiary/aromatic N) is 3.